The summed E-state index contributed by atoms with van der Waals surface area (Å²) in [4.78, 5) is 25.8. The number of urea groups is 1. The van der Waals surface area contributed by atoms with Crippen LogP contribution in [0, 0.1) is 5.92 Å². The second-order valence-corrected chi connectivity index (χ2v) is 7.15. The Bertz CT molecular complexity index is 565. The quantitative estimate of drug-likeness (QED) is 0.839. The van der Waals surface area contributed by atoms with Crippen molar-refractivity contribution in [3.8, 4) is 0 Å². The van der Waals surface area contributed by atoms with Crippen molar-refractivity contribution in [1.29, 1.82) is 0 Å². The van der Waals surface area contributed by atoms with Gasteiger partial charge in [0, 0.05) is 17.6 Å². The monoisotopic (exact) mass is 381 g/mol. The number of carbonyl (C=O) groups is 2. The average molecular weight is 382 g/mol. The van der Waals surface area contributed by atoms with Crippen LogP contribution in [0.15, 0.2) is 28.7 Å². The van der Waals surface area contributed by atoms with Crippen LogP contribution in [0.2, 0.25) is 0 Å². The number of rotatable bonds is 4. The molecule has 0 saturated carbocycles. The minimum Gasteiger partial charge on any atom is -0.352 e. The number of benzene rings is 1. The highest BCUT2D eigenvalue weighted by Gasteiger charge is 2.23. The summed E-state index contributed by atoms with van der Waals surface area (Å²) < 4.78 is 0.905. The van der Waals surface area contributed by atoms with Crippen LogP contribution in [0.25, 0.3) is 0 Å². The predicted molar refractivity (Wildman–Crippen MR) is 93.8 cm³/mol. The zero-order valence-electron chi connectivity index (χ0n) is 13.4. The molecule has 0 aliphatic carbocycles. The molecule has 5 nitrogen and oxygen atoms in total. The second kappa shape index (κ2) is 8.34. The Morgan fingerprint density at radius 2 is 2.17 bits per heavy atom. The summed E-state index contributed by atoms with van der Waals surface area (Å²) in [6.45, 7) is 3.82. The Labute approximate surface area is 145 Å². The van der Waals surface area contributed by atoms with Crippen LogP contribution >= 0.6 is 15.9 Å². The van der Waals surface area contributed by atoms with Gasteiger partial charge in [0.05, 0.1) is 12.5 Å². The summed E-state index contributed by atoms with van der Waals surface area (Å²) >= 11 is 3.42. The molecule has 0 bridgehead atoms. The van der Waals surface area contributed by atoms with Gasteiger partial charge in [0.2, 0.25) is 5.91 Å². The first-order valence-electron chi connectivity index (χ1n) is 8.05. The van der Waals surface area contributed by atoms with Gasteiger partial charge in [-0.1, -0.05) is 35.0 Å². The first-order valence-corrected chi connectivity index (χ1v) is 8.84. The molecule has 1 aromatic carbocycles. The molecule has 1 aliphatic heterocycles. The summed E-state index contributed by atoms with van der Waals surface area (Å²) in [7, 11) is 0. The summed E-state index contributed by atoms with van der Waals surface area (Å²) in [5.74, 6) is 0.732. The fourth-order valence-corrected chi connectivity index (χ4v) is 3.38. The third kappa shape index (κ3) is 5.53. The molecule has 6 heteroatoms. The van der Waals surface area contributed by atoms with E-state index in [4.69, 9.17) is 5.73 Å². The molecule has 3 amide bonds. The number of halogens is 1. The first kappa shape index (κ1) is 17.8. The number of primary amides is 1. The SMILES string of the molecule is CC1CCCN(C(=O)CC(NC(N)=O)c2cccc(Br)c2)CC1. The number of hydrogen-bond acceptors (Lipinski definition) is 2. The summed E-state index contributed by atoms with van der Waals surface area (Å²) in [6.07, 6.45) is 3.47. The molecule has 1 aliphatic rings. The van der Waals surface area contributed by atoms with E-state index in [2.05, 4.69) is 28.2 Å². The second-order valence-electron chi connectivity index (χ2n) is 6.24. The number of carbonyl (C=O) groups excluding carboxylic acids is 2. The molecule has 23 heavy (non-hydrogen) atoms. The van der Waals surface area contributed by atoms with Crippen LogP contribution in [-0.2, 0) is 4.79 Å². The highest BCUT2D eigenvalue weighted by atomic mass is 79.9. The largest absolute Gasteiger partial charge is 0.352 e. The van der Waals surface area contributed by atoms with Gasteiger partial charge in [-0.15, -0.1) is 0 Å². The van der Waals surface area contributed by atoms with Crippen molar-refractivity contribution in [2.24, 2.45) is 11.7 Å². The summed E-state index contributed by atoms with van der Waals surface area (Å²) in [5.41, 5.74) is 6.15. The maximum Gasteiger partial charge on any atom is 0.312 e. The number of hydrogen-bond donors (Lipinski definition) is 2. The summed E-state index contributed by atoms with van der Waals surface area (Å²) in [5, 5.41) is 2.69. The topological polar surface area (TPSA) is 75.4 Å². The van der Waals surface area contributed by atoms with Gasteiger partial charge in [-0.05, 0) is 42.9 Å². The molecule has 126 valence electrons. The minimum atomic E-state index is -0.618. The van der Waals surface area contributed by atoms with Crippen molar-refractivity contribution in [3.05, 3.63) is 34.3 Å². The zero-order valence-corrected chi connectivity index (χ0v) is 15.0. The van der Waals surface area contributed by atoms with Crippen molar-refractivity contribution in [1.82, 2.24) is 10.2 Å². The maximum absolute atomic E-state index is 12.6. The fraction of sp³-hybridized carbons (Fsp3) is 0.529. The third-order valence-corrected chi connectivity index (χ3v) is 4.81. The lowest BCUT2D eigenvalue weighted by Crippen LogP contribution is -2.38. The number of nitrogens with two attached hydrogens (primary N) is 1. The van der Waals surface area contributed by atoms with E-state index in [0.29, 0.717) is 5.92 Å². The molecule has 0 radical (unpaired) electrons. The lowest BCUT2D eigenvalue weighted by atomic mass is 10.0. The number of nitrogens with zero attached hydrogens (tertiary/aromatic N) is 1. The maximum atomic E-state index is 12.6. The van der Waals surface area contributed by atoms with Gasteiger partial charge in [-0.2, -0.15) is 0 Å². The molecule has 0 spiro atoms. The van der Waals surface area contributed by atoms with Crippen LogP contribution in [-0.4, -0.2) is 29.9 Å². The molecule has 2 unspecified atom stereocenters. The van der Waals surface area contributed by atoms with Gasteiger partial charge in [0.15, 0.2) is 0 Å². The standard InChI is InChI=1S/C17H24BrN3O2/c1-12-4-3-8-21(9-7-12)16(22)11-15(20-17(19)23)13-5-2-6-14(18)10-13/h2,5-6,10,12,15H,3-4,7-9,11H2,1H3,(H3,19,20,23). The molecule has 3 N–H and O–H groups in total. The van der Waals surface area contributed by atoms with Crippen molar-refractivity contribution in [2.75, 3.05) is 13.1 Å². The average Bonchev–Trinajstić information content (AvgIpc) is 2.71. The summed E-state index contributed by atoms with van der Waals surface area (Å²) in [6, 6.07) is 6.56. The highest BCUT2D eigenvalue weighted by Crippen LogP contribution is 2.23. The number of nitrogens with one attached hydrogen (secondary N) is 1. The number of amides is 3. The van der Waals surface area contributed by atoms with Crippen LogP contribution in [0.3, 0.4) is 0 Å². The van der Waals surface area contributed by atoms with Crippen molar-refractivity contribution < 1.29 is 9.59 Å². The van der Waals surface area contributed by atoms with Gasteiger partial charge in [-0.25, -0.2) is 4.79 Å². The Morgan fingerprint density at radius 3 is 2.87 bits per heavy atom. The van der Waals surface area contributed by atoms with Gasteiger partial charge < -0.3 is 16.0 Å². The molecule has 0 aromatic heterocycles. The van der Waals surface area contributed by atoms with E-state index in [-0.39, 0.29) is 12.3 Å². The van der Waals surface area contributed by atoms with Gasteiger partial charge >= 0.3 is 6.03 Å². The van der Waals surface area contributed by atoms with Gasteiger partial charge in [0.1, 0.15) is 0 Å². The Kier molecular flexibility index (Phi) is 6.45. The van der Waals surface area contributed by atoms with E-state index in [9.17, 15) is 9.59 Å². The Hall–Kier alpha value is -1.56. The van der Waals surface area contributed by atoms with Crippen LogP contribution in [0.4, 0.5) is 4.79 Å². The molecule has 1 aromatic rings. The normalized spacial score (nSPS) is 19.7. The van der Waals surface area contributed by atoms with E-state index in [1.807, 2.05) is 29.2 Å². The van der Waals surface area contributed by atoms with Gasteiger partial charge in [0.25, 0.3) is 0 Å². The van der Waals surface area contributed by atoms with E-state index >= 15 is 0 Å². The van der Waals surface area contributed by atoms with E-state index < -0.39 is 12.1 Å². The Morgan fingerprint density at radius 1 is 1.39 bits per heavy atom. The predicted octanol–water partition coefficient (Wildman–Crippen LogP) is 3.20. The highest BCUT2D eigenvalue weighted by molar-refractivity contribution is 9.10. The van der Waals surface area contributed by atoms with Crippen LogP contribution < -0.4 is 11.1 Å². The minimum absolute atomic E-state index is 0.0674. The third-order valence-electron chi connectivity index (χ3n) is 4.32. The lowest BCUT2D eigenvalue weighted by Gasteiger charge is -2.24. The van der Waals surface area contributed by atoms with Gasteiger partial charge in [-0.3, -0.25) is 4.79 Å². The molecular formula is C17H24BrN3O2. The Balaban J connectivity index is 2.07. The van der Waals surface area contributed by atoms with Crippen molar-refractivity contribution >= 4 is 27.9 Å². The molecule has 2 rings (SSSR count). The molecule has 1 heterocycles. The van der Waals surface area contributed by atoms with E-state index in [1.165, 1.54) is 6.42 Å². The van der Waals surface area contributed by atoms with Crippen molar-refractivity contribution in [3.63, 3.8) is 0 Å². The van der Waals surface area contributed by atoms with Crippen molar-refractivity contribution in [2.45, 2.75) is 38.6 Å². The zero-order chi connectivity index (χ0) is 16.8. The molecule has 2 atom stereocenters. The first-order chi connectivity index (χ1) is 11.0. The van der Waals surface area contributed by atoms with Crippen LogP contribution in [0.1, 0.15) is 44.2 Å². The molecule has 1 fully saturated rings. The smallest absolute Gasteiger partial charge is 0.312 e. The molecular weight excluding hydrogens is 358 g/mol. The lowest BCUT2D eigenvalue weighted by molar-refractivity contribution is -0.131. The fourth-order valence-electron chi connectivity index (χ4n) is 2.96. The van der Waals surface area contributed by atoms with E-state index in [0.717, 1.165) is 36.0 Å². The molecule has 1 saturated heterocycles. The number of likely N-dealkylation sites (tertiary alicyclic amines) is 1. The van der Waals surface area contributed by atoms with Crippen LogP contribution in [0.5, 0.6) is 0 Å². The van der Waals surface area contributed by atoms with E-state index in [1.54, 1.807) is 0 Å².